The molecule has 0 spiro atoms. The van der Waals surface area contributed by atoms with Crippen LogP contribution in [0, 0.1) is 0 Å². The summed E-state index contributed by atoms with van der Waals surface area (Å²) in [7, 11) is 0. The van der Waals surface area contributed by atoms with E-state index in [2.05, 4.69) is 0 Å². The minimum atomic E-state index is 0. The van der Waals surface area contributed by atoms with Gasteiger partial charge in [-0.3, -0.25) is 0 Å². The Bertz CT molecular complexity index is 15.5. The fourth-order valence-electron chi connectivity index (χ4n) is 0. The minimum absolute atomic E-state index is 0. The van der Waals surface area contributed by atoms with E-state index in [9.17, 15) is 0 Å². The van der Waals surface area contributed by atoms with Crippen molar-refractivity contribution in [2.24, 2.45) is 0 Å². The van der Waals surface area contributed by atoms with E-state index in [4.69, 9.17) is 0 Å². The van der Waals surface area contributed by atoms with Crippen molar-refractivity contribution in [2.75, 3.05) is 0 Å². The second kappa shape index (κ2) is 54.9. The summed E-state index contributed by atoms with van der Waals surface area (Å²) in [5, 5.41) is 0. The quantitative estimate of drug-likeness (QED) is 0.319. The largest absolute Gasteiger partial charge is 0.0149 e. The fraction of sp³-hybridized carbons (Fsp3) is 0. The Kier molecular flexibility index (Phi) is 768. The van der Waals surface area contributed by atoms with E-state index >= 15 is 0 Å². The molecule has 0 nitrogen and oxygen atoms in total. The van der Waals surface area contributed by atoms with Crippen molar-refractivity contribution in [1.29, 1.82) is 0 Å². The van der Waals surface area contributed by atoms with Crippen molar-refractivity contribution < 1.29 is 34.1 Å². The molecule has 0 aliphatic heterocycles. The standard InChI is InChI=1S/B.Fe.GeH4.Mn.H3P.H4Si/h;;1H4;;1H3;1H4. The van der Waals surface area contributed by atoms with Gasteiger partial charge in [0.15, 0.2) is 0 Å². The maximum absolute atomic E-state index is 0. The molecule has 42 valence electrons. The van der Waals surface area contributed by atoms with Crippen LogP contribution in [0.1, 0.15) is 0 Å². The van der Waals surface area contributed by atoms with Crippen molar-refractivity contribution in [3.63, 3.8) is 0 Å². The van der Waals surface area contributed by atoms with Crippen LogP contribution in [0.15, 0.2) is 0 Å². The van der Waals surface area contributed by atoms with E-state index in [0.29, 0.717) is 0 Å². The monoisotopic (exact) mass is 266 g/mol. The molecule has 0 saturated heterocycles. The predicted molar refractivity (Wildman–Crippen MR) is 39.5 cm³/mol. The van der Waals surface area contributed by atoms with Crippen molar-refractivity contribution in [3.05, 3.63) is 0 Å². The average molecular weight is 264 g/mol. The van der Waals surface area contributed by atoms with Crippen molar-refractivity contribution in [1.82, 2.24) is 0 Å². The van der Waals surface area contributed by atoms with Gasteiger partial charge in [-0.1, -0.05) is 0 Å². The average Bonchev–Trinajstić information content (AvgIpc) is 0. The van der Waals surface area contributed by atoms with Crippen LogP contribution >= 0.6 is 9.90 Å². The molecule has 0 saturated carbocycles. The van der Waals surface area contributed by atoms with Crippen molar-refractivity contribution in [2.45, 2.75) is 0 Å². The van der Waals surface area contributed by atoms with E-state index in [0.717, 1.165) is 0 Å². The summed E-state index contributed by atoms with van der Waals surface area (Å²) in [6, 6.07) is 0. The SMILES string of the molecule is P.[B].[Fe].[GeH4].[Mn].[SiH4]. The molecular formula is H11BFeGeMnPSi. The first-order valence-corrected chi connectivity index (χ1v) is 0. The first kappa shape index (κ1) is 83.9. The van der Waals surface area contributed by atoms with Crippen LogP contribution in [0.3, 0.4) is 0 Å². The second-order valence-electron chi connectivity index (χ2n) is 0. The molecule has 0 aromatic carbocycles. The minimum Gasteiger partial charge on any atom is -0.0149 e. The Hall–Kier alpha value is 2.29. The maximum atomic E-state index is 0. The zero-order valence-electron chi connectivity index (χ0n) is 2.02. The van der Waals surface area contributed by atoms with Gasteiger partial charge >= 0.3 is 17.6 Å². The first-order chi connectivity index (χ1) is 0. The summed E-state index contributed by atoms with van der Waals surface area (Å²) in [5.74, 6) is 0. The van der Waals surface area contributed by atoms with Gasteiger partial charge in [-0.2, -0.15) is 9.90 Å². The van der Waals surface area contributed by atoms with Crippen LogP contribution in [-0.4, -0.2) is 37.0 Å². The van der Waals surface area contributed by atoms with E-state index < -0.39 is 0 Å². The summed E-state index contributed by atoms with van der Waals surface area (Å²) in [4.78, 5) is 0. The Morgan fingerprint density at radius 1 is 1.00 bits per heavy atom. The molecule has 0 aliphatic rings. The molecule has 1 atom stereocenters. The third-order valence-electron chi connectivity index (χ3n) is 0. The third kappa shape index (κ3) is 33.5. The van der Waals surface area contributed by atoms with Gasteiger partial charge in [-0.25, -0.2) is 0 Å². The van der Waals surface area contributed by atoms with E-state index in [1.807, 2.05) is 0 Å². The number of hydrogen-bond donors (Lipinski definition) is 0. The fourth-order valence-corrected chi connectivity index (χ4v) is 0. The Morgan fingerprint density at radius 2 is 1.00 bits per heavy atom. The van der Waals surface area contributed by atoms with Crippen LogP contribution in [0.25, 0.3) is 0 Å². The molecule has 0 heterocycles. The van der Waals surface area contributed by atoms with Gasteiger partial charge in [0.1, 0.15) is 0 Å². The molecule has 6 heteroatoms. The van der Waals surface area contributed by atoms with Gasteiger partial charge in [0, 0.05) is 42.6 Å². The van der Waals surface area contributed by atoms with Crippen molar-refractivity contribution >= 4 is 46.9 Å². The summed E-state index contributed by atoms with van der Waals surface area (Å²) >= 11 is 0. The molecule has 0 rings (SSSR count). The van der Waals surface area contributed by atoms with E-state index in [1.54, 1.807) is 0 Å². The maximum Gasteiger partial charge on any atom is 0 e. The van der Waals surface area contributed by atoms with Crippen LogP contribution in [0.2, 0.25) is 0 Å². The molecule has 0 N–H and O–H groups in total. The zero-order chi connectivity index (χ0) is 0. The molecule has 0 fully saturated rings. The van der Waals surface area contributed by atoms with Gasteiger partial charge < -0.3 is 0 Å². The van der Waals surface area contributed by atoms with Gasteiger partial charge in [-0.15, -0.1) is 0 Å². The van der Waals surface area contributed by atoms with Crippen LogP contribution in [0.5, 0.6) is 0 Å². The van der Waals surface area contributed by atoms with Gasteiger partial charge in [0.05, 0.1) is 0 Å². The molecule has 0 bridgehead atoms. The molecule has 0 aliphatic carbocycles. The molecule has 0 aromatic rings. The van der Waals surface area contributed by atoms with Gasteiger partial charge in [-0.05, 0) is 11.0 Å². The van der Waals surface area contributed by atoms with Crippen LogP contribution < -0.4 is 0 Å². The van der Waals surface area contributed by atoms with Gasteiger partial charge in [0.2, 0.25) is 0 Å². The molecular weight excluding hydrogens is 253 g/mol. The smallest absolute Gasteiger partial charge is 0 e. The Labute approximate surface area is 80.5 Å². The summed E-state index contributed by atoms with van der Waals surface area (Å²) in [6.07, 6.45) is 0. The Morgan fingerprint density at radius 3 is 1.00 bits per heavy atom. The summed E-state index contributed by atoms with van der Waals surface area (Å²) in [5.41, 5.74) is 0. The first-order valence-electron chi connectivity index (χ1n) is 0. The summed E-state index contributed by atoms with van der Waals surface area (Å²) in [6.45, 7) is 0. The molecule has 6 heavy (non-hydrogen) atoms. The molecule has 1 unspecified atom stereocenters. The topological polar surface area (TPSA) is 0 Å². The molecule has 4 radical (unpaired) electrons. The van der Waals surface area contributed by atoms with Crippen LogP contribution in [0.4, 0.5) is 0 Å². The number of hydrogen-bond acceptors (Lipinski definition) is 0. The summed E-state index contributed by atoms with van der Waals surface area (Å²) < 4.78 is 0. The second-order valence-corrected chi connectivity index (χ2v) is 0. The molecule has 0 aromatic heterocycles. The van der Waals surface area contributed by atoms with Gasteiger partial charge in [0.25, 0.3) is 0 Å². The molecule has 0 amide bonds. The normalized spacial score (nSPS) is 0. The third-order valence-corrected chi connectivity index (χ3v) is 0. The van der Waals surface area contributed by atoms with E-state index in [-0.39, 0.29) is 81.0 Å². The number of rotatable bonds is 0. The Balaban J connectivity index is 0. The zero-order valence-corrected chi connectivity index (χ0v) is 5.71. The van der Waals surface area contributed by atoms with Crippen LogP contribution in [-0.2, 0) is 34.1 Å². The van der Waals surface area contributed by atoms with Crippen molar-refractivity contribution in [3.8, 4) is 0 Å². The van der Waals surface area contributed by atoms with E-state index in [1.165, 1.54) is 0 Å². The predicted octanol–water partition coefficient (Wildman–Crippen LogP) is -3.23.